The van der Waals surface area contributed by atoms with E-state index >= 15 is 0 Å². The Bertz CT molecular complexity index is 1020. The number of Topliss-reactive ketones (excluding diaryl/α,β-unsaturated/α-hetero) is 1. The number of amides is 2. The van der Waals surface area contributed by atoms with E-state index in [0.717, 1.165) is 10.5 Å². The highest BCUT2D eigenvalue weighted by Crippen LogP contribution is 2.29. The fourth-order valence-electron chi connectivity index (χ4n) is 3.34. The van der Waals surface area contributed by atoms with E-state index in [1.165, 1.54) is 24.3 Å². The van der Waals surface area contributed by atoms with Gasteiger partial charge in [-0.3, -0.25) is 34.8 Å². The molecule has 2 aliphatic rings. The zero-order valence-electron chi connectivity index (χ0n) is 14.4. The highest BCUT2D eigenvalue weighted by molar-refractivity contribution is 6.51. The van der Waals surface area contributed by atoms with E-state index in [1.54, 1.807) is 12.1 Å². The van der Waals surface area contributed by atoms with Gasteiger partial charge >= 0.3 is 0 Å². The summed E-state index contributed by atoms with van der Waals surface area (Å²) in [5, 5.41) is 14.7. The lowest BCUT2D eigenvalue weighted by atomic mass is 9.92. The van der Waals surface area contributed by atoms with Crippen molar-refractivity contribution in [3.8, 4) is 0 Å². The summed E-state index contributed by atoms with van der Waals surface area (Å²) in [6, 6.07) is 13.2. The Labute approximate surface area is 158 Å². The van der Waals surface area contributed by atoms with Gasteiger partial charge in [-0.1, -0.05) is 30.3 Å². The van der Waals surface area contributed by atoms with Crippen LogP contribution in [0.1, 0.15) is 15.9 Å². The molecule has 2 amide bonds. The Morgan fingerprint density at radius 3 is 2.39 bits per heavy atom. The van der Waals surface area contributed by atoms with Crippen LogP contribution in [0.2, 0.25) is 0 Å². The smallest absolute Gasteiger partial charge is 0.269 e. The van der Waals surface area contributed by atoms with Gasteiger partial charge in [-0.05, 0) is 17.7 Å². The van der Waals surface area contributed by atoms with E-state index in [4.69, 9.17) is 0 Å². The van der Waals surface area contributed by atoms with Crippen LogP contribution in [0.4, 0.5) is 5.69 Å². The maximum absolute atomic E-state index is 12.8. The van der Waals surface area contributed by atoms with Crippen molar-refractivity contribution >= 4 is 29.0 Å². The number of likely N-dealkylation sites (tertiary alicyclic amines) is 1. The molecule has 2 aromatic carbocycles. The Morgan fingerprint density at radius 2 is 1.75 bits per heavy atom. The third kappa shape index (κ3) is 2.82. The zero-order valence-corrected chi connectivity index (χ0v) is 14.4. The summed E-state index contributed by atoms with van der Waals surface area (Å²) in [4.78, 5) is 49.5. The number of hydrogen-bond acceptors (Lipinski definition) is 7. The molecule has 2 atom stereocenters. The van der Waals surface area contributed by atoms with E-state index in [-0.39, 0.29) is 23.5 Å². The van der Waals surface area contributed by atoms with Crippen LogP contribution in [0.5, 0.6) is 0 Å². The van der Waals surface area contributed by atoms with E-state index < -0.39 is 34.5 Å². The first-order valence-electron chi connectivity index (χ1n) is 8.49. The summed E-state index contributed by atoms with van der Waals surface area (Å²) in [5.74, 6) is -2.47. The fraction of sp³-hybridized carbons (Fsp3) is 0.158. The minimum absolute atomic E-state index is 0.0623. The molecular weight excluding hydrogens is 364 g/mol. The van der Waals surface area contributed by atoms with Gasteiger partial charge in [0.05, 0.1) is 11.5 Å². The van der Waals surface area contributed by atoms with Gasteiger partial charge in [0.15, 0.2) is 0 Å². The van der Waals surface area contributed by atoms with Gasteiger partial charge in [0.25, 0.3) is 11.6 Å². The van der Waals surface area contributed by atoms with Crippen molar-refractivity contribution in [1.82, 2.24) is 10.3 Å². The van der Waals surface area contributed by atoms with Crippen molar-refractivity contribution in [3.05, 3.63) is 75.8 Å². The lowest BCUT2D eigenvalue weighted by Gasteiger charge is -2.15. The normalized spacial score (nSPS) is 20.6. The number of carbonyl (C=O) groups is 3. The van der Waals surface area contributed by atoms with Crippen molar-refractivity contribution in [2.45, 2.75) is 12.6 Å². The fourth-order valence-corrected chi connectivity index (χ4v) is 3.34. The van der Waals surface area contributed by atoms with Crippen molar-refractivity contribution in [3.63, 3.8) is 0 Å². The quantitative estimate of drug-likeness (QED) is 0.362. The van der Waals surface area contributed by atoms with E-state index in [0.29, 0.717) is 0 Å². The Morgan fingerprint density at radius 1 is 1.07 bits per heavy atom. The summed E-state index contributed by atoms with van der Waals surface area (Å²) < 4.78 is 0. The number of rotatable bonds is 5. The second-order valence-electron chi connectivity index (χ2n) is 6.46. The molecule has 0 aliphatic carbocycles. The van der Waals surface area contributed by atoms with Crippen LogP contribution in [0, 0.1) is 16.0 Å². The highest BCUT2D eigenvalue weighted by Gasteiger charge is 2.54. The largest absolute Gasteiger partial charge is 0.296 e. The molecule has 9 heteroatoms. The van der Waals surface area contributed by atoms with Crippen LogP contribution in [0.15, 0.2) is 59.7 Å². The lowest BCUT2D eigenvalue weighted by Crippen LogP contribution is -2.35. The highest BCUT2D eigenvalue weighted by atomic mass is 16.6. The maximum atomic E-state index is 12.8. The number of non-ortho nitro benzene ring substituents is 1. The minimum atomic E-state index is -1.00. The molecule has 2 heterocycles. The molecule has 140 valence electrons. The average Bonchev–Trinajstić information content (AvgIpc) is 3.24. The summed E-state index contributed by atoms with van der Waals surface area (Å²) in [7, 11) is 0. The summed E-state index contributed by atoms with van der Waals surface area (Å²) in [6.45, 7) is 0.117. The summed E-state index contributed by atoms with van der Waals surface area (Å²) in [6.07, 6.45) is 0. The lowest BCUT2D eigenvalue weighted by molar-refractivity contribution is -0.384. The topological polar surface area (TPSA) is 122 Å². The van der Waals surface area contributed by atoms with Crippen molar-refractivity contribution in [2.75, 3.05) is 0 Å². The van der Waals surface area contributed by atoms with Crippen LogP contribution < -0.4 is 5.43 Å². The van der Waals surface area contributed by atoms with Crippen molar-refractivity contribution in [1.29, 1.82) is 0 Å². The first-order valence-corrected chi connectivity index (χ1v) is 8.49. The number of carbonyl (C=O) groups excluding carboxylic acids is 3. The molecular formula is C19H14N4O5. The van der Waals surface area contributed by atoms with Crippen LogP contribution in [-0.2, 0) is 16.1 Å². The Hall–Kier alpha value is -3.88. The molecule has 2 aromatic rings. The SMILES string of the molecule is O=C(C1=NN[C@H]2C(=O)N(Cc3ccccc3)C(=O)[C@@H]12)c1ccc([N+](=O)[O-])cc1. The molecule has 0 bridgehead atoms. The van der Waals surface area contributed by atoms with Crippen LogP contribution >= 0.6 is 0 Å². The number of nitro benzene ring substituents is 1. The van der Waals surface area contributed by atoms with Gasteiger partial charge in [0.1, 0.15) is 17.7 Å². The molecule has 0 aromatic heterocycles. The first-order chi connectivity index (χ1) is 13.5. The molecule has 9 nitrogen and oxygen atoms in total. The van der Waals surface area contributed by atoms with E-state index in [9.17, 15) is 24.5 Å². The Balaban J connectivity index is 1.56. The monoisotopic (exact) mass is 378 g/mol. The second-order valence-corrected chi connectivity index (χ2v) is 6.46. The molecule has 4 rings (SSSR count). The molecule has 1 saturated heterocycles. The number of hydrazone groups is 1. The summed E-state index contributed by atoms with van der Waals surface area (Å²) in [5.41, 5.74) is 3.34. The van der Waals surface area contributed by atoms with Crippen molar-refractivity contribution < 1.29 is 19.3 Å². The summed E-state index contributed by atoms with van der Waals surface area (Å²) >= 11 is 0. The van der Waals surface area contributed by atoms with E-state index in [1.807, 2.05) is 18.2 Å². The van der Waals surface area contributed by atoms with Crippen LogP contribution in [-0.4, -0.2) is 39.2 Å². The van der Waals surface area contributed by atoms with E-state index in [2.05, 4.69) is 10.5 Å². The molecule has 0 spiro atoms. The van der Waals surface area contributed by atoms with Crippen LogP contribution in [0.3, 0.4) is 0 Å². The third-order valence-electron chi connectivity index (χ3n) is 4.77. The number of imide groups is 1. The number of ketones is 1. The molecule has 1 N–H and O–H groups in total. The zero-order chi connectivity index (χ0) is 19.8. The third-order valence-corrected chi connectivity index (χ3v) is 4.77. The van der Waals surface area contributed by atoms with Gasteiger partial charge in [0, 0.05) is 17.7 Å². The number of benzene rings is 2. The van der Waals surface area contributed by atoms with Crippen molar-refractivity contribution in [2.24, 2.45) is 11.0 Å². The number of nitrogens with one attached hydrogen (secondary N) is 1. The maximum Gasteiger partial charge on any atom is 0.269 e. The standard InChI is InChI=1S/C19H14N4O5/c24-17(12-6-8-13(9-7-12)23(27)28)15-14-16(21-20-15)19(26)22(18(14)25)10-11-4-2-1-3-5-11/h1-9,14,16,21H,10H2/t14-,16+/m0/s1. The molecule has 1 fully saturated rings. The van der Waals surface area contributed by atoms with Gasteiger partial charge in [-0.15, -0.1) is 0 Å². The molecule has 0 radical (unpaired) electrons. The molecule has 0 unspecified atom stereocenters. The molecule has 28 heavy (non-hydrogen) atoms. The average molecular weight is 378 g/mol. The second kappa shape index (κ2) is 6.69. The molecule has 2 aliphatic heterocycles. The first kappa shape index (κ1) is 17.5. The number of nitrogens with zero attached hydrogens (tertiary/aromatic N) is 3. The van der Waals surface area contributed by atoms with Gasteiger partial charge in [0.2, 0.25) is 11.7 Å². The predicted molar refractivity (Wildman–Crippen MR) is 97.3 cm³/mol. The number of fused-ring (bicyclic) bond motifs is 1. The Kier molecular flexibility index (Phi) is 4.19. The van der Waals surface area contributed by atoms with Gasteiger partial charge < -0.3 is 0 Å². The van der Waals surface area contributed by atoms with Crippen LogP contribution in [0.25, 0.3) is 0 Å². The minimum Gasteiger partial charge on any atom is -0.296 e. The van der Waals surface area contributed by atoms with Gasteiger partial charge in [-0.25, -0.2) is 0 Å². The molecule has 0 saturated carbocycles. The predicted octanol–water partition coefficient (Wildman–Crippen LogP) is 1.29. The number of nitro groups is 1. The number of hydrogen-bond donors (Lipinski definition) is 1. The van der Waals surface area contributed by atoms with Gasteiger partial charge in [-0.2, -0.15) is 5.10 Å².